The minimum absolute atomic E-state index is 0.00738. The molecule has 1 aromatic heterocycles. The van der Waals surface area contributed by atoms with Crippen molar-refractivity contribution in [2.24, 2.45) is 0 Å². The molecule has 0 saturated heterocycles. The Morgan fingerprint density at radius 1 is 1.43 bits per heavy atom. The van der Waals surface area contributed by atoms with Gasteiger partial charge < -0.3 is 14.7 Å². The summed E-state index contributed by atoms with van der Waals surface area (Å²) in [5.74, 6) is -1.13. The maximum atomic E-state index is 12.0. The summed E-state index contributed by atoms with van der Waals surface area (Å²) in [4.78, 5) is 37.1. The van der Waals surface area contributed by atoms with Crippen molar-refractivity contribution in [2.75, 3.05) is 6.26 Å². The number of hydrogen-bond donors (Lipinski definition) is 2. The summed E-state index contributed by atoms with van der Waals surface area (Å²) in [5, 5.41) is 8.68. The normalized spacial score (nSPS) is 14.0. The summed E-state index contributed by atoms with van der Waals surface area (Å²) in [6.45, 7) is 1.77. The summed E-state index contributed by atoms with van der Waals surface area (Å²) in [6, 6.07) is 4.10. The van der Waals surface area contributed by atoms with Gasteiger partial charge >= 0.3 is 17.1 Å². The number of carboxylic acids is 1. The number of hydrogen-bond acceptors (Lipinski definition) is 4. The summed E-state index contributed by atoms with van der Waals surface area (Å²) in [6.07, 6.45) is 1.51. The standard InChI is InChI=1S/C13H14N2O5S/c1-7(21(2)20)6-15-10-5-8(13(18)19)3-4-9(10)14-11(16)12(15)17/h3-5,7H,6H2,1-2H3,(H,14,16)(H,18,19). The SMILES string of the molecule is CC(Cn1c(=O)c(=O)[nH]c2ccc(C(=O)O)cc21)S(C)=O. The second-order valence-electron chi connectivity index (χ2n) is 4.72. The molecule has 0 fully saturated rings. The molecule has 0 aliphatic carbocycles. The van der Waals surface area contributed by atoms with E-state index in [9.17, 15) is 18.6 Å². The van der Waals surface area contributed by atoms with E-state index in [-0.39, 0.29) is 17.4 Å². The monoisotopic (exact) mass is 310 g/mol. The lowest BCUT2D eigenvalue weighted by atomic mass is 10.2. The number of H-pyrrole nitrogens is 1. The average Bonchev–Trinajstić information content (AvgIpc) is 2.42. The third kappa shape index (κ3) is 2.94. The number of benzene rings is 1. The summed E-state index contributed by atoms with van der Waals surface area (Å²) in [5.41, 5.74) is -0.912. The topological polar surface area (TPSA) is 109 Å². The van der Waals surface area contributed by atoms with Gasteiger partial charge in [-0.1, -0.05) is 0 Å². The highest BCUT2D eigenvalue weighted by Gasteiger charge is 2.14. The van der Waals surface area contributed by atoms with Gasteiger partial charge in [0, 0.05) is 28.9 Å². The molecule has 2 unspecified atom stereocenters. The van der Waals surface area contributed by atoms with Crippen molar-refractivity contribution in [1.82, 2.24) is 9.55 Å². The van der Waals surface area contributed by atoms with E-state index in [1.54, 1.807) is 6.92 Å². The van der Waals surface area contributed by atoms with Gasteiger partial charge in [0.25, 0.3) is 0 Å². The number of aromatic nitrogens is 2. The molecule has 8 heteroatoms. The van der Waals surface area contributed by atoms with Gasteiger partial charge in [-0.3, -0.25) is 13.8 Å². The van der Waals surface area contributed by atoms with Crippen LogP contribution in [0.1, 0.15) is 17.3 Å². The Morgan fingerprint density at radius 2 is 2.10 bits per heavy atom. The van der Waals surface area contributed by atoms with Crippen LogP contribution < -0.4 is 11.1 Å². The van der Waals surface area contributed by atoms with Crippen molar-refractivity contribution >= 4 is 27.8 Å². The van der Waals surface area contributed by atoms with Crippen LogP contribution in [0.4, 0.5) is 0 Å². The van der Waals surface area contributed by atoms with Crippen LogP contribution in [0, 0.1) is 0 Å². The van der Waals surface area contributed by atoms with Gasteiger partial charge in [0.2, 0.25) is 0 Å². The molecule has 0 bridgehead atoms. The minimum Gasteiger partial charge on any atom is -0.478 e. The van der Waals surface area contributed by atoms with Crippen LogP contribution in [0.2, 0.25) is 0 Å². The molecule has 0 amide bonds. The molecule has 0 saturated carbocycles. The quantitative estimate of drug-likeness (QED) is 0.782. The van der Waals surface area contributed by atoms with E-state index in [4.69, 9.17) is 5.11 Å². The molecule has 0 aliphatic heterocycles. The first-order valence-electron chi connectivity index (χ1n) is 6.13. The number of rotatable bonds is 4. The molecular weight excluding hydrogens is 296 g/mol. The van der Waals surface area contributed by atoms with Gasteiger partial charge in [0.1, 0.15) is 0 Å². The lowest BCUT2D eigenvalue weighted by Gasteiger charge is -2.13. The Labute approximate surface area is 121 Å². The summed E-state index contributed by atoms with van der Waals surface area (Å²) >= 11 is 0. The van der Waals surface area contributed by atoms with E-state index in [2.05, 4.69) is 4.98 Å². The third-order valence-electron chi connectivity index (χ3n) is 3.23. The Balaban J connectivity index is 2.75. The lowest BCUT2D eigenvalue weighted by Crippen LogP contribution is -2.38. The molecule has 112 valence electrons. The van der Waals surface area contributed by atoms with E-state index in [1.165, 1.54) is 29.0 Å². The fourth-order valence-electron chi connectivity index (χ4n) is 1.94. The highest BCUT2D eigenvalue weighted by molar-refractivity contribution is 7.84. The van der Waals surface area contributed by atoms with Gasteiger partial charge in [-0.25, -0.2) is 4.79 Å². The fraction of sp³-hybridized carbons (Fsp3) is 0.308. The fourth-order valence-corrected chi connectivity index (χ4v) is 2.30. The van der Waals surface area contributed by atoms with E-state index in [1.807, 2.05) is 0 Å². The maximum absolute atomic E-state index is 12.0. The van der Waals surface area contributed by atoms with Gasteiger partial charge in [0.05, 0.1) is 16.6 Å². The smallest absolute Gasteiger partial charge is 0.335 e. The number of carboxylic acid groups (broad SMARTS) is 1. The van der Waals surface area contributed by atoms with Crippen LogP contribution in [0.25, 0.3) is 11.0 Å². The van der Waals surface area contributed by atoms with Crippen LogP contribution in [0.15, 0.2) is 27.8 Å². The molecule has 2 aromatic rings. The molecule has 1 aromatic carbocycles. The Morgan fingerprint density at radius 3 is 2.67 bits per heavy atom. The Hall–Kier alpha value is -2.22. The molecule has 2 N–H and O–H groups in total. The highest BCUT2D eigenvalue weighted by Crippen LogP contribution is 2.13. The molecule has 21 heavy (non-hydrogen) atoms. The molecule has 0 radical (unpaired) electrons. The second kappa shape index (κ2) is 5.65. The molecular formula is C13H14N2O5S. The number of aromatic amines is 1. The van der Waals surface area contributed by atoms with E-state index >= 15 is 0 Å². The van der Waals surface area contributed by atoms with Crippen molar-refractivity contribution in [2.45, 2.75) is 18.7 Å². The zero-order valence-corrected chi connectivity index (χ0v) is 12.3. The first-order chi connectivity index (χ1) is 9.81. The molecule has 2 atom stereocenters. The number of nitrogens with zero attached hydrogens (tertiary/aromatic N) is 1. The van der Waals surface area contributed by atoms with Crippen molar-refractivity contribution in [1.29, 1.82) is 0 Å². The Bertz CT molecular complexity index is 852. The zero-order valence-electron chi connectivity index (χ0n) is 11.5. The second-order valence-corrected chi connectivity index (χ2v) is 6.52. The van der Waals surface area contributed by atoms with Gasteiger partial charge in [-0.15, -0.1) is 0 Å². The Kier molecular flexibility index (Phi) is 4.08. The van der Waals surface area contributed by atoms with Gasteiger partial charge in [-0.05, 0) is 25.1 Å². The summed E-state index contributed by atoms with van der Waals surface area (Å²) < 4.78 is 12.6. The minimum atomic E-state index is -1.17. The predicted octanol–water partition coefficient (Wildman–Crippen LogP) is 0.155. The number of nitrogens with one attached hydrogen (secondary N) is 1. The van der Waals surface area contributed by atoms with Crippen LogP contribution in [-0.4, -0.2) is 36.3 Å². The van der Waals surface area contributed by atoms with Crippen LogP contribution in [0.5, 0.6) is 0 Å². The van der Waals surface area contributed by atoms with Crippen molar-refractivity contribution in [3.63, 3.8) is 0 Å². The van der Waals surface area contributed by atoms with E-state index < -0.39 is 27.9 Å². The molecule has 0 aliphatic rings. The van der Waals surface area contributed by atoms with Crippen LogP contribution in [-0.2, 0) is 17.3 Å². The maximum Gasteiger partial charge on any atom is 0.335 e. The molecule has 1 heterocycles. The highest BCUT2D eigenvalue weighted by atomic mass is 32.2. The van der Waals surface area contributed by atoms with E-state index in [0.717, 1.165) is 0 Å². The van der Waals surface area contributed by atoms with E-state index in [0.29, 0.717) is 11.0 Å². The number of carbonyl (C=O) groups is 1. The first-order valence-corrected chi connectivity index (χ1v) is 7.75. The van der Waals surface area contributed by atoms with Crippen molar-refractivity contribution in [3.8, 4) is 0 Å². The van der Waals surface area contributed by atoms with Gasteiger partial charge in [0.15, 0.2) is 0 Å². The van der Waals surface area contributed by atoms with Crippen LogP contribution in [0.3, 0.4) is 0 Å². The lowest BCUT2D eigenvalue weighted by molar-refractivity contribution is 0.0697. The number of fused-ring (bicyclic) bond motifs is 1. The largest absolute Gasteiger partial charge is 0.478 e. The summed E-state index contributed by atoms with van der Waals surface area (Å²) in [7, 11) is -1.17. The third-order valence-corrected chi connectivity index (χ3v) is 4.51. The number of aromatic carboxylic acids is 1. The first kappa shape index (κ1) is 15.2. The van der Waals surface area contributed by atoms with Crippen molar-refractivity contribution in [3.05, 3.63) is 44.5 Å². The average molecular weight is 310 g/mol. The predicted molar refractivity (Wildman–Crippen MR) is 79.3 cm³/mol. The molecule has 2 rings (SSSR count). The zero-order chi connectivity index (χ0) is 15.7. The molecule has 0 spiro atoms. The molecule has 7 nitrogen and oxygen atoms in total. The van der Waals surface area contributed by atoms with Gasteiger partial charge in [-0.2, -0.15) is 0 Å². The van der Waals surface area contributed by atoms with Crippen LogP contribution >= 0.6 is 0 Å². The van der Waals surface area contributed by atoms with Crippen molar-refractivity contribution < 1.29 is 14.1 Å².